The van der Waals surface area contributed by atoms with E-state index in [0.29, 0.717) is 13.0 Å². The number of carbonyl (C=O) groups excluding carboxylic acids is 1. The molecule has 0 N–H and O–H groups in total. The van der Waals surface area contributed by atoms with Crippen molar-refractivity contribution < 1.29 is 4.79 Å². The summed E-state index contributed by atoms with van der Waals surface area (Å²) in [5, 5.41) is 8.47. The van der Waals surface area contributed by atoms with Crippen LogP contribution in [0.25, 0.3) is 0 Å². The van der Waals surface area contributed by atoms with Crippen LogP contribution in [0.15, 0.2) is 36.7 Å². The fourth-order valence-corrected chi connectivity index (χ4v) is 4.04. The molecule has 0 atom stereocenters. The Balaban J connectivity index is 1.48. The maximum Gasteiger partial charge on any atom is 0.223 e. The van der Waals surface area contributed by atoms with Gasteiger partial charge < -0.3 is 9.80 Å². The number of rotatable bonds is 3. The number of nitrogens with zero attached hydrogens (tertiary/aromatic N) is 5. The number of likely N-dealkylation sites (tertiary alicyclic amines) is 1. The van der Waals surface area contributed by atoms with Gasteiger partial charge in [0.25, 0.3) is 0 Å². The minimum Gasteiger partial charge on any atom is -0.355 e. The molecule has 0 aliphatic carbocycles. The highest BCUT2D eigenvalue weighted by molar-refractivity contribution is 5.79. The van der Waals surface area contributed by atoms with Crippen molar-refractivity contribution in [1.29, 1.82) is 0 Å². The number of piperidine rings is 1. The lowest BCUT2D eigenvalue weighted by Crippen LogP contribution is -2.53. The Morgan fingerprint density at radius 3 is 2.64 bits per heavy atom. The lowest BCUT2D eigenvalue weighted by atomic mass is 9.84. The molecule has 25 heavy (non-hydrogen) atoms. The van der Waals surface area contributed by atoms with Crippen LogP contribution >= 0.6 is 0 Å². The zero-order chi connectivity index (χ0) is 17.3. The van der Waals surface area contributed by atoms with E-state index in [4.69, 9.17) is 0 Å². The first-order chi connectivity index (χ1) is 12.2. The first-order valence-corrected chi connectivity index (χ1v) is 8.91. The van der Waals surface area contributed by atoms with E-state index in [1.807, 2.05) is 37.4 Å². The second-order valence-corrected chi connectivity index (χ2v) is 7.09. The molecule has 4 rings (SSSR count). The van der Waals surface area contributed by atoms with Gasteiger partial charge in [0.1, 0.15) is 0 Å². The third-order valence-corrected chi connectivity index (χ3v) is 5.54. The van der Waals surface area contributed by atoms with Gasteiger partial charge in [0, 0.05) is 44.0 Å². The predicted molar refractivity (Wildman–Crippen MR) is 95.0 cm³/mol. The molecule has 0 bridgehead atoms. The maximum absolute atomic E-state index is 12.5. The Kier molecular flexibility index (Phi) is 4.11. The molecule has 2 aliphatic heterocycles. The summed E-state index contributed by atoms with van der Waals surface area (Å²) >= 11 is 0. The largest absolute Gasteiger partial charge is 0.355 e. The van der Waals surface area contributed by atoms with Crippen molar-refractivity contribution in [2.24, 2.45) is 0 Å². The number of aromatic nitrogens is 3. The average Bonchev–Trinajstić information content (AvgIpc) is 2.94. The Bertz CT molecular complexity index is 738. The molecular weight excluding hydrogens is 314 g/mol. The Morgan fingerprint density at radius 2 is 1.96 bits per heavy atom. The lowest BCUT2D eigenvalue weighted by Gasteiger charge is -2.45. The number of hydrogen-bond donors (Lipinski definition) is 0. The lowest BCUT2D eigenvalue weighted by molar-refractivity contribution is -0.132. The van der Waals surface area contributed by atoms with Crippen molar-refractivity contribution in [3.63, 3.8) is 0 Å². The molecule has 0 saturated carbocycles. The number of carbonyl (C=O) groups is 1. The van der Waals surface area contributed by atoms with Crippen LogP contribution in [-0.4, -0.2) is 44.6 Å². The van der Waals surface area contributed by atoms with Gasteiger partial charge in [-0.15, -0.1) is 5.10 Å². The van der Waals surface area contributed by atoms with Crippen LogP contribution in [0.5, 0.6) is 0 Å². The van der Waals surface area contributed by atoms with Crippen molar-refractivity contribution >= 4 is 11.7 Å². The predicted octanol–water partition coefficient (Wildman–Crippen LogP) is 2.34. The first kappa shape index (κ1) is 16.0. The van der Waals surface area contributed by atoms with Gasteiger partial charge in [-0.1, -0.05) is 6.07 Å². The zero-order valence-electron chi connectivity index (χ0n) is 14.6. The smallest absolute Gasteiger partial charge is 0.223 e. The third-order valence-electron chi connectivity index (χ3n) is 5.54. The molecule has 2 aliphatic rings. The first-order valence-electron chi connectivity index (χ1n) is 8.91. The van der Waals surface area contributed by atoms with Gasteiger partial charge in [0.05, 0.1) is 5.69 Å². The molecule has 0 radical (unpaired) electrons. The third kappa shape index (κ3) is 3.08. The SMILES string of the molecule is Cc1ccc(N2CCC3(CCC(=O)N3Cc3cccnc3)CC2)nn1. The van der Waals surface area contributed by atoms with Gasteiger partial charge in [-0.2, -0.15) is 5.10 Å². The number of anilines is 1. The molecule has 0 unspecified atom stereocenters. The van der Waals surface area contributed by atoms with Crippen molar-refractivity contribution in [2.45, 2.75) is 44.7 Å². The summed E-state index contributed by atoms with van der Waals surface area (Å²) in [6, 6.07) is 8.01. The molecule has 2 saturated heterocycles. The van der Waals surface area contributed by atoms with Gasteiger partial charge in [-0.25, -0.2) is 0 Å². The van der Waals surface area contributed by atoms with Gasteiger partial charge in [0.15, 0.2) is 5.82 Å². The van der Waals surface area contributed by atoms with Gasteiger partial charge in [-0.3, -0.25) is 9.78 Å². The molecule has 4 heterocycles. The van der Waals surface area contributed by atoms with Crippen molar-refractivity contribution in [1.82, 2.24) is 20.1 Å². The molecular formula is C19H23N5O. The summed E-state index contributed by atoms with van der Waals surface area (Å²) in [7, 11) is 0. The van der Waals surface area contributed by atoms with Gasteiger partial charge in [-0.05, 0) is 49.9 Å². The summed E-state index contributed by atoms with van der Waals surface area (Å²) < 4.78 is 0. The van der Waals surface area contributed by atoms with Gasteiger partial charge >= 0.3 is 0 Å². The number of aryl methyl sites for hydroxylation is 1. The Morgan fingerprint density at radius 1 is 1.12 bits per heavy atom. The van der Waals surface area contributed by atoms with Crippen molar-refractivity contribution in [3.05, 3.63) is 47.9 Å². The number of pyridine rings is 1. The minimum absolute atomic E-state index is 0.0124. The molecule has 130 valence electrons. The highest BCUT2D eigenvalue weighted by Gasteiger charge is 2.46. The molecule has 1 amide bonds. The summed E-state index contributed by atoms with van der Waals surface area (Å²) in [5.74, 6) is 1.20. The molecule has 6 heteroatoms. The van der Waals surface area contributed by atoms with Gasteiger partial charge in [0.2, 0.25) is 5.91 Å². The number of hydrogen-bond acceptors (Lipinski definition) is 5. The summed E-state index contributed by atoms with van der Waals surface area (Å²) in [4.78, 5) is 21.1. The van der Waals surface area contributed by atoms with Crippen LogP contribution in [0.2, 0.25) is 0 Å². The summed E-state index contributed by atoms with van der Waals surface area (Å²) in [6.07, 6.45) is 7.20. The van der Waals surface area contributed by atoms with E-state index in [-0.39, 0.29) is 11.4 Å². The zero-order valence-corrected chi connectivity index (χ0v) is 14.6. The van der Waals surface area contributed by atoms with Crippen molar-refractivity contribution in [3.8, 4) is 0 Å². The fourth-order valence-electron chi connectivity index (χ4n) is 4.04. The normalized spacial score (nSPS) is 19.6. The molecule has 6 nitrogen and oxygen atoms in total. The van der Waals surface area contributed by atoms with Crippen LogP contribution in [0.1, 0.15) is 36.9 Å². The molecule has 0 aromatic carbocycles. The van der Waals surface area contributed by atoms with E-state index in [1.165, 1.54) is 0 Å². The average molecular weight is 337 g/mol. The van der Waals surface area contributed by atoms with Crippen LogP contribution in [0, 0.1) is 6.92 Å². The van der Waals surface area contributed by atoms with Crippen LogP contribution in [0.3, 0.4) is 0 Å². The van der Waals surface area contributed by atoms with E-state index in [1.54, 1.807) is 6.20 Å². The van der Waals surface area contributed by atoms with E-state index in [9.17, 15) is 4.79 Å². The monoisotopic (exact) mass is 337 g/mol. The maximum atomic E-state index is 12.5. The van der Waals surface area contributed by atoms with Crippen LogP contribution in [0.4, 0.5) is 5.82 Å². The van der Waals surface area contributed by atoms with Crippen LogP contribution < -0.4 is 4.90 Å². The molecule has 1 spiro atoms. The summed E-state index contributed by atoms with van der Waals surface area (Å²) in [6.45, 7) is 4.43. The van der Waals surface area contributed by atoms with E-state index in [2.05, 4.69) is 25.0 Å². The minimum atomic E-state index is -0.0124. The second kappa shape index (κ2) is 6.43. The topological polar surface area (TPSA) is 62.2 Å². The highest BCUT2D eigenvalue weighted by atomic mass is 16.2. The number of amides is 1. The molecule has 2 aromatic rings. The quantitative estimate of drug-likeness (QED) is 0.860. The summed E-state index contributed by atoms with van der Waals surface area (Å²) in [5.41, 5.74) is 2.02. The molecule has 2 aromatic heterocycles. The second-order valence-electron chi connectivity index (χ2n) is 7.09. The fraction of sp³-hybridized carbons (Fsp3) is 0.474. The van der Waals surface area contributed by atoms with Crippen molar-refractivity contribution in [2.75, 3.05) is 18.0 Å². The Labute approximate surface area is 147 Å². The molecule has 2 fully saturated rings. The standard InChI is InChI=1S/C19H23N5O/c1-15-4-5-17(22-21-15)23-11-8-19(9-12-23)7-6-18(25)24(19)14-16-3-2-10-20-13-16/h2-5,10,13H,6-9,11-12,14H2,1H3. The van der Waals surface area contributed by atoms with E-state index >= 15 is 0 Å². The van der Waals surface area contributed by atoms with Crippen LogP contribution in [-0.2, 0) is 11.3 Å². The van der Waals surface area contributed by atoms with E-state index in [0.717, 1.165) is 49.4 Å². The Hall–Kier alpha value is -2.50. The van der Waals surface area contributed by atoms with E-state index < -0.39 is 0 Å². The highest BCUT2D eigenvalue weighted by Crippen LogP contribution is 2.40.